The first-order chi connectivity index (χ1) is 14.7. The second kappa shape index (κ2) is 8.82. The number of hydrogen-bond acceptors (Lipinski definition) is 4. The Hall–Kier alpha value is -3.61. The number of carbonyl (C=O) groups excluding carboxylic acids is 2. The van der Waals surface area contributed by atoms with E-state index >= 15 is 0 Å². The monoisotopic (exact) mass is 404 g/mol. The van der Waals surface area contributed by atoms with Crippen LogP contribution in [0.3, 0.4) is 0 Å². The summed E-state index contributed by atoms with van der Waals surface area (Å²) in [5.41, 5.74) is 2.62. The molecule has 2 aromatic carbocycles. The summed E-state index contributed by atoms with van der Waals surface area (Å²) in [6.45, 7) is 0.646. The molecule has 7 nitrogen and oxygen atoms in total. The van der Waals surface area contributed by atoms with Gasteiger partial charge in [0.1, 0.15) is 17.5 Å². The lowest BCUT2D eigenvalue weighted by Gasteiger charge is -2.15. The molecule has 3 aromatic rings. The van der Waals surface area contributed by atoms with Crippen molar-refractivity contribution in [3.05, 3.63) is 66.4 Å². The van der Waals surface area contributed by atoms with E-state index in [0.29, 0.717) is 30.1 Å². The zero-order chi connectivity index (χ0) is 20.9. The van der Waals surface area contributed by atoms with E-state index in [1.54, 1.807) is 17.9 Å². The number of nitrogens with zero attached hydrogens (tertiary/aromatic N) is 2. The molecule has 30 heavy (non-hydrogen) atoms. The third-order valence-corrected chi connectivity index (χ3v) is 5.15. The van der Waals surface area contributed by atoms with E-state index < -0.39 is 6.04 Å². The van der Waals surface area contributed by atoms with Gasteiger partial charge in [-0.05, 0) is 49.6 Å². The quantitative estimate of drug-likeness (QED) is 0.685. The summed E-state index contributed by atoms with van der Waals surface area (Å²) in [6.07, 6.45) is 2.43. The number of aromatic nitrogens is 2. The van der Waals surface area contributed by atoms with E-state index in [0.717, 1.165) is 24.1 Å². The second-order valence-corrected chi connectivity index (χ2v) is 7.21. The zero-order valence-electron chi connectivity index (χ0n) is 16.8. The van der Waals surface area contributed by atoms with Crippen LogP contribution < -0.4 is 15.4 Å². The topological polar surface area (TPSA) is 85.3 Å². The summed E-state index contributed by atoms with van der Waals surface area (Å²) in [5, 5.41) is 10.4. The highest BCUT2D eigenvalue weighted by Gasteiger charge is 2.25. The molecule has 1 saturated heterocycles. The van der Waals surface area contributed by atoms with Gasteiger partial charge < -0.3 is 15.4 Å². The highest BCUT2D eigenvalue weighted by atomic mass is 16.5. The Morgan fingerprint density at radius 2 is 1.97 bits per heavy atom. The molecule has 1 unspecified atom stereocenters. The van der Waals surface area contributed by atoms with Crippen molar-refractivity contribution in [1.82, 2.24) is 20.4 Å². The molecule has 0 aliphatic carbocycles. The number of hydrogen-bond donors (Lipinski definition) is 2. The first-order valence-corrected chi connectivity index (χ1v) is 10.0. The molecule has 1 aliphatic rings. The van der Waals surface area contributed by atoms with E-state index in [-0.39, 0.29) is 11.8 Å². The minimum atomic E-state index is -0.542. The van der Waals surface area contributed by atoms with E-state index in [1.807, 2.05) is 54.6 Å². The molecule has 0 saturated carbocycles. The van der Waals surface area contributed by atoms with Gasteiger partial charge in [-0.1, -0.05) is 30.3 Å². The summed E-state index contributed by atoms with van der Waals surface area (Å²) < 4.78 is 6.92. The van der Waals surface area contributed by atoms with Crippen LogP contribution in [0.15, 0.2) is 60.7 Å². The van der Waals surface area contributed by atoms with Crippen molar-refractivity contribution in [1.29, 1.82) is 0 Å². The van der Waals surface area contributed by atoms with Crippen LogP contribution in [0.25, 0.3) is 16.9 Å². The highest BCUT2D eigenvalue weighted by Crippen LogP contribution is 2.25. The number of para-hydroxylation sites is 1. The number of ether oxygens (including phenoxy) is 1. The van der Waals surface area contributed by atoms with Crippen LogP contribution in [0.2, 0.25) is 0 Å². The fraction of sp³-hybridized carbons (Fsp3) is 0.261. The normalized spacial score (nSPS) is 16.4. The maximum absolute atomic E-state index is 13.2. The van der Waals surface area contributed by atoms with Gasteiger partial charge in [0.25, 0.3) is 5.91 Å². The summed E-state index contributed by atoms with van der Waals surface area (Å²) in [4.78, 5) is 25.4. The Bertz CT molecular complexity index is 1050. The molecule has 2 heterocycles. The molecule has 7 heteroatoms. The van der Waals surface area contributed by atoms with Gasteiger partial charge in [-0.3, -0.25) is 9.59 Å². The molecular formula is C23H24N4O3. The van der Waals surface area contributed by atoms with Crippen LogP contribution in [0, 0.1) is 0 Å². The summed E-state index contributed by atoms with van der Waals surface area (Å²) in [6, 6.07) is 18.2. The molecule has 0 bridgehead atoms. The molecule has 1 aliphatic heterocycles. The Morgan fingerprint density at radius 1 is 1.13 bits per heavy atom. The molecule has 0 radical (unpaired) electrons. The number of rotatable bonds is 5. The van der Waals surface area contributed by atoms with Crippen molar-refractivity contribution in [2.75, 3.05) is 13.7 Å². The van der Waals surface area contributed by atoms with E-state index in [4.69, 9.17) is 4.74 Å². The molecule has 4 rings (SSSR count). The number of methoxy groups -OCH3 is 1. The first kappa shape index (κ1) is 19.7. The van der Waals surface area contributed by atoms with Gasteiger partial charge >= 0.3 is 0 Å². The lowest BCUT2D eigenvalue weighted by Crippen LogP contribution is -2.45. The number of benzene rings is 2. The van der Waals surface area contributed by atoms with Crippen molar-refractivity contribution in [2.24, 2.45) is 0 Å². The van der Waals surface area contributed by atoms with Crippen molar-refractivity contribution in [3.8, 4) is 22.7 Å². The lowest BCUT2D eigenvalue weighted by atomic mass is 10.1. The Kier molecular flexibility index (Phi) is 5.79. The van der Waals surface area contributed by atoms with Gasteiger partial charge in [0.2, 0.25) is 5.91 Å². The van der Waals surface area contributed by atoms with Crippen LogP contribution in [-0.4, -0.2) is 41.3 Å². The van der Waals surface area contributed by atoms with Gasteiger partial charge in [0.15, 0.2) is 0 Å². The van der Waals surface area contributed by atoms with Crippen molar-refractivity contribution >= 4 is 11.8 Å². The zero-order valence-corrected chi connectivity index (χ0v) is 16.8. The molecule has 1 fully saturated rings. The number of amides is 2. The molecule has 0 spiro atoms. The third kappa shape index (κ3) is 4.20. The van der Waals surface area contributed by atoms with Gasteiger partial charge in [-0.25, -0.2) is 4.68 Å². The SMILES string of the molecule is COc1cccc(-c2cc(C(=O)NC3CCCCNC3=O)n(-c3ccccc3)n2)c1. The molecule has 154 valence electrons. The van der Waals surface area contributed by atoms with Gasteiger partial charge in [0.05, 0.1) is 18.5 Å². The second-order valence-electron chi connectivity index (χ2n) is 7.21. The summed E-state index contributed by atoms with van der Waals surface area (Å²) in [5.74, 6) is 0.241. The van der Waals surface area contributed by atoms with Gasteiger partial charge in [-0.2, -0.15) is 5.10 Å². The lowest BCUT2D eigenvalue weighted by molar-refractivity contribution is -0.122. The highest BCUT2D eigenvalue weighted by molar-refractivity contribution is 5.97. The number of nitrogens with one attached hydrogen (secondary N) is 2. The maximum atomic E-state index is 13.2. The van der Waals surface area contributed by atoms with Crippen molar-refractivity contribution < 1.29 is 14.3 Å². The van der Waals surface area contributed by atoms with Crippen LogP contribution in [-0.2, 0) is 4.79 Å². The predicted octanol–water partition coefficient (Wildman–Crippen LogP) is 2.95. The Balaban J connectivity index is 1.70. The van der Waals surface area contributed by atoms with E-state index in [1.165, 1.54) is 0 Å². The van der Waals surface area contributed by atoms with Crippen LogP contribution in [0.1, 0.15) is 29.8 Å². The minimum absolute atomic E-state index is 0.139. The third-order valence-electron chi connectivity index (χ3n) is 5.15. The summed E-state index contributed by atoms with van der Waals surface area (Å²) in [7, 11) is 1.61. The van der Waals surface area contributed by atoms with E-state index in [2.05, 4.69) is 15.7 Å². The first-order valence-electron chi connectivity index (χ1n) is 10.0. The smallest absolute Gasteiger partial charge is 0.270 e. The number of carbonyl (C=O) groups is 2. The van der Waals surface area contributed by atoms with Crippen LogP contribution >= 0.6 is 0 Å². The fourth-order valence-corrected chi connectivity index (χ4v) is 3.54. The molecule has 1 aromatic heterocycles. The largest absolute Gasteiger partial charge is 0.497 e. The van der Waals surface area contributed by atoms with Crippen LogP contribution in [0.5, 0.6) is 5.75 Å². The predicted molar refractivity (Wildman–Crippen MR) is 114 cm³/mol. The van der Waals surface area contributed by atoms with Crippen LogP contribution in [0.4, 0.5) is 0 Å². The minimum Gasteiger partial charge on any atom is -0.497 e. The average molecular weight is 404 g/mol. The maximum Gasteiger partial charge on any atom is 0.270 e. The van der Waals surface area contributed by atoms with Gasteiger partial charge in [-0.15, -0.1) is 0 Å². The molecule has 1 atom stereocenters. The Labute approximate surface area is 175 Å². The standard InChI is InChI=1S/C23H24N4O3/c1-30-18-11-7-8-16(14-18)20-15-21(27(26-20)17-9-3-2-4-10-17)23(29)25-19-12-5-6-13-24-22(19)28/h2-4,7-11,14-15,19H,5-6,12-13H2,1H3,(H,24,28)(H,25,29). The fourth-order valence-electron chi connectivity index (χ4n) is 3.54. The van der Waals surface area contributed by atoms with Gasteiger partial charge in [0, 0.05) is 12.1 Å². The molecular weight excluding hydrogens is 380 g/mol. The Morgan fingerprint density at radius 3 is 2.77 bits per heavy atom. The van der Waals surface area contributed by atoms with E-state index in [9.17, 15) is 9.59 Å². The van der Waals surface area contributed by atoms with Crippen molar-refractivity contribution in [2.45, 2.75) is 25.3 Å². The average Bonchev–Trinajstić information content (AvgIpc) is 3.14. The summed E-state index contributed by atoms with van der Waals surface area (Å²) >= 11 is 0. The molecule has 2 N–H and O–H groups in total. The molecule has 2 amide bonds. The van der Waals surface area contributed by atoms with Crippen molar-refractivity contribution in [3.63, 3.8) is 0 Å².